The number of hydrogen-bond donors (Lipinski definition) is 2. The Morgan fingerprint density at radius 3 is 2.76 bits per heavy atom. The predicted molar refractivity (Wildman–Crippen MR) is 98.1 cm³/mol. The molecule has 0 aliphatic heterocycles. The van der Waals surface area contributed by atoms with Crippen molar-refractivity contribution in [2.45, 2.75) is 6.92 Å². The van der Waals surface area contributed by atoms with E-state index in [0.717, 1.165) is 0 Å². The number of carbonyl (C=O) groups excluding carboxylic acids is 2. The van der Waals surface area contributed by atoms with Gasteiger partial charge in [0.1, 0.15) is 0 Å². The van der Waals surface area contributed by atoms with Crippen molar-refractivity contribution in [3.8, 4) is 11.5 Å². The highest BCUT2D eigenvalue weighted by atomic mass is 35.5. The molecule has 0 fully saturated rings. The van der Waals surface area contributed by atoms with Crippen molar-refractivity contribution < 1.29 is 19.1 Å². The monoisotopic (exact) mass is 380 g/mol. The van der Waals surface area contributed by atoms with E-state index in [1.807, 2.05) is 6.92 Å². The Labute approximate surface area is 154 Å². The van der Waals surface area contributed by atoms with Crippen molar-refractivity contribution >= 4 is 40.8 Å². The van der Waals surface area contributed by atoms with Crippen molar-refractivity contribution in [1.82, 2.24) is 10.9 Å². The highest BCUT2D eigenvalue weighted by Gasteiger charge is 2.11. The van der Waals surface area contributed by atoms with Gasteiger partial charge in [-0.15, -0.1) is 11.3 Å². The van der Waals surface area contributed by atoms with Crippen molar-refractivity contribution in [3.05, 3.63) is 51.2 Å². The molecule has 0 spiro atoms. The molecule has 0 radical (unpaired) electrons. The van der Waals surface area contributed by atoms with E-state index in [0.29, 0.717) is 33.6 Å². The van der Waals surface area contributed by atoms with Crippen LogP contribution >= 0.6 is 22.9 Å². The fourth-order valence-electron chi connectivity index (χ4n) is 1.92. The molecule has 0 saturated heterocycles. The summed E-state index contributed by atoms with van der Waals surface area (Å²) >= 11 is 7.45. The first-order valence-corrected chi connectivity index (χ1v) is 8.63. The van der Waals surface area contributed by atoms with Gasteiger partial charge >= 0.3 is 0 Å². The quantitative estimate of drug-likeness (QED) is 0.595. The average molecular weight is 381 g/mol. The molecule has 0 bridgehead atoms. The van der Waals surface area contributed by atoms with Crippen LogP contribution in [0.25, 0.3) is 6.08 Å². The minimum atomic E-state index is -0.478. The third-order valence-corrected chi connectivity index (χ3v) is 4.16. The fraction of sp³-hybridized carbons (Fsp3) is 0.176. The first kappa shape index (κ1) is 18.8. The maximum atomic E-state index is 11.8. The van der Waals surface area contributed by atoms with Gasteiger partial charge < -0.3 is 9.47 Å². The van der Waals surface area contributed by atoms with Gasteiger partial charge in [0.25, 0.3) is 11.8 Å². The summed E-state index contributed by atoms with van der Waals surface area (Å²) in [6.07, 6.45) is 2.83. The second-order valence-corrected chi connectivity index (χ2v) is 6.08. The summed E-state index contributed by atoms with van der Waals surface area (Å²) in [5.41, 5.74) is 5.30. The molecule has 132 valence electrons. The number of thiophene rings is 1. The van der Waals surface area contributed by atoms with Gasteiger partial charge in [0, 0.05) is 6.08 Å². The number of carbonyl (C=O) groups is 2. The van der Waals surface area contributed by atoms with E-state index < -0.39 is 5.91 Å². The van der Waals surface area contributed by atoms with Gasteiger partial charge in [-0.1, -0.05) is 17.7 Å². The molecule has 1 aromatic heterocycles. The molecule has 0 saturated carbocycles. The van der Waals surface area contributed by atoms with Gasteiger partial charge in [-0.2, -0.15) is 0 Å². The van der Waals surface area contributed by atoms with Crippen LogP contribution in [0.5, 0.6) is 11.5 Å². The van der Waals surface area contributed by atoms with Crippen molar-refractivity contribution in [2.24, 2.45) is 0 Å². The molecule has 2 amide bonds. The smallest absolute Gasteiger partial charge is 0.279 e. The van der Waals surface area contributed by atoms with Crippen LogP contribution in [0.2, 0.25) is 5.02 Å². The third kappa shape index (κ3) is 5.23. The summed E-state index contributed by atoms with van der Waals surface area (Å²) in [4.78, 5) is 24.0. The number of ether oxygens (including phenoxy) is 2. The van der Waals surface area contributed by atoms with Gasteiger partial charge in [0.15, 0.2) is 11.5 Å². The van der Waals surface area contributed by atoms with Crippen molar-refractivity contribution in [1.29, 1.82) is 0 Å². The Balaban J connectivity index is 1.99. The van der Waals surface area contributed by atoms with E-state index in [1.54, 1.807) is 35.7 Å². The molecule has 1 heterocycles. The zero-order chi connectivity index (χ0) is 18.2. The summed E-state index contributed by atoms with van der Waals surface area (Å²) in [6, 6.07) is 6.77. The summed E-state index contributed by atoms with van der Waals surface area (Å²) in [5, 5.41) is 2.16. The Morgan fingerprint density at radius 2 is 2.12 bits per heavy atom. The number of amides is 2. The number of hydrazine groups is 1. The van der Waals surface area contributed by atoms with Gasteiger partial charge in [0.2, 0.25) is 0 Å². The van der Waals surface area contributed by atoms with Gasteiger partial charge in [0.05, 0.1) is 23.6 Å². The van der Waals surface area contributed by atoms with Crippen LogP contribution in [0.1, 0.15) is 22.2 Å². The second-order valence-electron chi connectivity index (χ2n) is 4.72. The molecule has 0 aliphatic carbocycles. The largest absolute Gasteiger partial charge is 0.493 e. The van der Waals surface area contributed by atoms with E-state index in [1.165, 1.54) is 24.5 Å². The maximum Gasteiger partial charge on any atom is 0.279 e. The highest BCUT2D eigenvalue weighted by molar-refractivity contribution is 7.12. The lowest BCUT2D eigenvalue weighted by molar-refractivity contribution is -0.117. The lowest BCUT2D eigenvalue weighted by Crippen LogP contribution is -2.40. The van der Waals surface area contributed by atoms with Crippen LogP contribution in [0.15, 0.2) is 35.7 Å². The lowest BCUT2D eigenvalue weighted by atomic mass is 10.2. The first-order chi connectivity index (χ1) is 12.0. The topological polar surface area (TPSA) is 76.7 Å². The van der Waals surface area contributed by atoms with E-state index in [-0.39, 0.29) is 5.91 Å². The highest BCUT2D eigenvalue weighted by Crippen LogP contribution is 2.36. The molecule has 6 nitrogen and oxygen atoms in total. The molecule has 0 atom stereocenters. The Bertz CT molecular complexity index is 775. The zero-order valence-corrected chi connectivity index (χ0v) is 15.2. The second kappa shape index (κ2) is 9.10. The SMILES string of the molecule is CCOc1c(Cl)cc(/C=C/C(=O)NNC(=O)c2cccs2)cc1OC. The summed E-state index contributed by atoms with van der Waals surface area (Å²) < 4.78 is 10.7. The third-order valence-electron chi connectivity index (χ3n) is 3.01. The van der Waals surface area contributed by atoms with E-state index in [9.17, 15) is 9.59 Å². The Kier molecular flexibility index (Phi) is 6.85. The van der Waals surface area contributed by atoms with Crippen LogP contribution in [-0.2, 0) is 4.79 Å². The molecule has 2 rings (SSSR count). The molecule has 8 heteroatoms. The number of hydrogen-bond acceptors (Lipinski definition) is 5. The molecular formula is C17H17ClN2O4S. The van der Waals surface area contributed by atoms with E-state index in [2.05, 4.69) is 10.9 Å². The molecule has 0 unspecified atom stereocenters. The van der Waals surface area contributed by atoms with Gasteiger partial charge in [-0.3, -0.25) is 20.4 Å². The molecule has 2 aromatic rings. The number of nitrogens with one attached hydrogen (secondary N) is 2. The Hall–Kier alpha value is -2.51. The minimum Gasteiger partial charge on any atom is -0.493 e. The van der Waals surface area contributed by atoms with Crippen LogP contribution in [0.4, 0.5) is 0 Å². The number of benzene rings is 1. The molecule has 0 aliphatic rings. The molecular weight excluding hydrogens is 364 g/mol. The Morgan fingerprint density at radius 1 is 1.32 bits per heavy atom. The first-order valence-electron chi connectivity index (χ1n) is 7.37. The average Bonchev–Trinajstić information content (AvgIpc) is 3.14. The predicted octanol–water partition coefficient (Wildman–Crippen LogP) is 3.28. The van der Waals surface area contributed by atoms with E-state index >= 15 is 0 Å². The summed E-state index contributed by atoms with van der Waals surface area (Å²) in [5.74, 6) is 0.0771. The lowest BCUT2D eigenvalue weighted by Gasteiger charge is -2.11. The molecule has 2 N–H and O–H groups in total. The summed E-state index contributed by atoms with van der Waals surface area (Å²) in [6.45, 7) is 2.30. The van der Waals surface area contributed by atoms with Crippen molar-refractivity contribution in [2.75, 3.05) is 13.7 Å². The molecule has 1 aromatic carbocycles. The number of halogens is 1. The number of rotatable bonds is 6. The fourth-order valence-corrected chi connectivity index (χ4v) is 2.81. The minimum absolute atomic E-state index is 0.373. The maximum absolute atomic E-state index is 11.8. The zero-order valence-electron chi connectivity index (χ0n) is 13.7. The standard InChI is InChI=1S/C17H17ClN2O4S/c1-3-24-16-12(18)9-11(10-13(16)23-2)6-7-15(21)19-20-17(22)14-5-4-8-25-14/h4-10H,3H2,1-2H3,(H,19,21)(H,20,22)/b7-6+. The van der Waals surface area contributed by atoms with Crippen LogP contribution < -0.4 is 20.3 Å². The van der Waals surface area contributed by atoms with Crippen LogP contribution in [0, 0.1) is 0 Å². The van der Waals surface area contributed by atoms with Crippen molar-refractivity contribution in [3.63, 3.8) is 0 Å². The van der Waals surface area contributed by atoms with Crippen LogP contribution in [-0.4, -0.2) is 25.5 Å². The molecule has 25 heavy (non-hydrogen) atoms. The van der Waals surface area contributed by atoms with Gasteiger partial charge in [-0.05, 0) is 42.1 Å². The number of methoxy groups -OCH3 is 1. The van der Waals surface area contributed by atoms with Gasteiger partial charge in [-0.25, -0.2) is 0 Å². The normalized spacial score (nSPS) is 10.5. The van der Waals surface area contributed by atoms with Crippen LogP contribution in [0.3, 0.4) is 0 Å². The van der Waals surface area contributed by atoms with E-state index in [4.69, 9.17) is 21.1 Å². The summed E-state index contributed by atoms with van der Waals surface area (Å²) in [7, 11) is 1.51.